The number of esters is 4. The maximum atomic E-state index is 14.9. The van der Waals surface area contributed by atoms with Crippen LogP contribution in [0.25, 0.3) is 0 Å². The van der Waals surface area contributed by atoms with Gasteiger partial charge >= 0.3 is 31.7 Å². The van der Waals surface area contributed by atoms with Crippen molar-refractivity contribution in [3.8, 4) is 0 Å². The molecule has 26 heteroatoms. The van der Waals surface area contributed by atoms with Crippen LogP contribution in [0.5, 0.6) is 0 Å². The number of phosphoric acid groups is 1. The van der Waals surface area contributed by atoms with Crippen molar-refractivity contribution in [2.75, 3.05) is 26.4 Å². The van der Waals surface area contributed by atoms with Gasteiger partial charge in [-0.1, -0.05) is 315 Å². The van der Waals surface area contributed by atoms with Crippen LogP contribution in [-0.2, 0) is 70.7 Å². The third kappa shape index (κ3) is 49.3. The van der Waals surface area contributed by atoms with Crippen molar-refractivity contribution < 1.29 is 122 Å². The standard InChI is InChI=1S/C90H165O25P/c1-5-9-13-17-21-25-29-33-35-37-41-45-48-52-56-60-64-75(94)109-70(67-106-73(92)62-58-54-50-46-43-40-36-34-30-26-22-18-14-10-6-2)68-108-116(104,105)115-88-86(113-89-83(102)79(98)77(96)71(66-91)110-89)82(101)81(100)85(112-76(95)65-61-57-53-49-44-39-32-28-24-20-16-12-8-4)87(88)114-90-84(103)80(99)78(97)72(111-90)69-107-74(93)63-59-55-51-47-42-38-31-27-23-19-15-11-7-3/h26,30,38,42,70-72,77-91,96-103H,5-25,27-29,31-37,39-41,43-69H2,1-4H3,(H,104,105)/b30-26-,42-38-. The first-order chi connectivity index (χ1) is 56.2. The fourth-order valence-corrected chi connectivity index (χ4v) is 16.2. The van der Waals surface area contributed by atoms with Gasteiger partial charge in [-0.2, -0.15) is 0 Å². The van der Waals surface area contributed by atoms with Crippen molar-refractivity contribution in [1.82, 2.24) is 0 Å². The molecule has 18 atom stereocenters. The molecule has 0 radical (unpaired) electrons. The zero-order valence-electron chi connectivity index (χ0n) is 72.3. The van der Waals surface area contributed by atoms with Gasteiger partial charge in [-0.25, -0.2) is 4.57 Å². The molecule has 116 heavy (non-hydrogen) atoms. The highest BCUT2D eigenvalue weighted by Gasteiger charge is 2.60. The van der Waals surface area contributed by atoms with Gasteiger partial charge in [0.1, 0.15) is 92.6 Å². The lowest BCUT2D eigenvalue weighted by Crippen LogP contribution is -2.70. The minimum atomic E-state index is -5.81. The molecular formula is C90H165O25P. The Morgan fingerprint density at radius 2 is 0.647 bits per heavy atom. The minimum Gasteiger partial charge on any atom is -0.463 e. The molecule has 0 aromatic heterocycles. The van der Waals surface area contributed by atoms with E-state index in [9.17, 15) is 74.6 Å². The largest absolute Gasteiger partial charge is 0.472 e. The number of phosphoric ester groups is 1. The summed E-state index contributed by atoms with van der Waals surface area (Å²) in [6.45, 7) is 5.56. The molecule has 10 N–H and O–H groups in total. The fourth-order valence-electron chi connectivity index (χ4n) is 15.2. The molecule has 18 unspecified atom stereocenters. The Hall–Kier alpha value is -3.05. The van der Waals surface area contributed by atoms with Crippen LogP contribution in [0.15, 0.2) is 24.3 Å². The second-order valence-electron chi connectivity index (χ2n) is 33.2. The summed E-state index contributed by atoms with van der Waals surface area (Å²) in [6, 6.07) is 0. The lowest BCUT2D eigenvalue weighted by Gasteiger charge is -2.50. The van der Waals surface area contributed by atoms with Crippen molar-refractivity contribution in [3.63, 3.8) is 0 Å². The molecule has 3 aliphatic rings. The fraction of sp³-hybridized carbons (Fsp3) is 0.911. The first-order valence-corrected chi connectivity index (χ1v) is 48.1. The van der Waals surface area contributed by atoms with E-state index in [0.29, 0.717) is 38.5 Å². The predicted octanol–water partition coefficient (Wildman–Crippen LogP) is 16.9. The van der Waals surface area contributed by atoms with Crippen molar-refractivity contribution in [1.29, 1.82) is 0 Å². The van der Waals surface area contributed by atoms with E-state index < -0.39 is 162 Å². The molecule has 1 saturated carbocycles. The van der Waals surface area contributed by atoms with Crippen molar-refractivity contribution in [3.05, 3.63) is 24.3 Å². The summed E-state index contributed by atoms with van der Waals surface area (Å²) in [6.07, 6.45) is 28.9. The summed E-state index contributed by atoms with van der Waals surface area (Å²) >= 11 is 0. The van der Waals surface area contributed by atoms with Crippen molar-refractivity contribution in [2.45, 2.75) is 498 Å². The Balaban J connectivity index is 1.92. The number of carbonyl (C=O) groups is 4. The van der Waals surface area contributed by atoms with Crippen LogP contribution in [0, 0.1) is 0 Å². The first kappa shape index (κ1) is 107. The van der Waals surface area contributed by atoms with Gasteiger partial charge in [0, 0.05) is 25.7 Å². The van der Waals surface area contributed by atoms with Gasteiger partial charge < -0.3 is 88.7 Å². The average molecular weight is 1680 g/mol. The number of rotatable bonds is 75. The van der Waals surface area contributed by atoms with Crippen LogP contribution in [0.4, 0.5) is 0 Å². The zero-order valence-corrected chi connectivity index (χ0v) is 73.2. The molecule has 0 aromatic carbocycles. The topological polar surface area (TPSA) is 380 Å². The van der Waals surface area contributed by atoms with Crippen LogP contribution in [-0.4, -0.2) is 205 Å². The molecule has 3 fully saturated rings. The molecule has 2 heterocycles. The van der Waals surface area contributed by atoms with E-state index in [2.05, 4.69) is 52.0 Å². The van der Waals surface area contributed by atoms with E-state index in [0.717, 1.165) is 141 Å². The van der Waals surface area contributed by atoms with Gasteiger partial charge in [0.2, 0.25) is 0 Å². The zero-order chi connectivity index (χ0) is 84.7. The van der Waals surface area contributed by atoms with Gasteiger partial charge in [-0.15, -0.1) is 0 Å². The smallest absolute Gasteiger partial charge is 0.463 e. The summed E-state index contributed by atoms with van der Waals surface area (Å²) in [7, 11) is -5.81. The number of hydrogen-bond acceptors (Lipinski definition) is 24. The summed E-state index contributed by atoms with van der Waals surface area (Å²) in [5.74, 6) is -2.98. The van der Waals surface area contributed by atoms with E-state index in [1.165, 1.54) is 161 Å². The molecule has 2 aliphatic heterocycles. The van der Waals surface area contributed by atoms with Crippen LogP contribution in [0.3, 0.4) is 0 Å². The average Bonchev–Trinajstić information content (AvgIpc) is 0.754. The number of aliphatic hydroxyl groups excluding tert-OH is 9. The molecule has 0 bridgehead atoms. The number of ether oxygens (including phenoxy) is 8. The lowest BCUT2D eigenvalue weighted by molar-refractivity contribution is -0.360. The van der Waals surface area contributed by atoms with Gasteiger partial charge in [0.15, 0.2) is 24.8 Å². The molecule has 2 saturated heterocycles. The van der Waals surface area contributed by atoms with Gasteiger partial charge in [-0.05, 0) is 77.0 Å². The molecule has 3 rings (SSSR count). The first-order valence-electron chi connectivity index (χ1n) is 46.6. The molecular weight excluding hydrogens is 1510 g/mol. The second-order valence-corrected chi connectivity index (χ2v) is 34.6. The maximum absolute atomic E-state index is 14.9. The highest BCUT2D eigenvalue weighted by Crippen LogP contribution is 2.49. The SMILES string of the molecule is CCCCCC/C=C\CCCCCCCCCC(=O)OCC(COP(=O)(O)OC1C(OC2OC(CO)C(O)C(O)C2O)C(O)C(O)C(OC(=O)CCCCCCCCCCCCCCC)C1OC1OC(COC(=O)CCCCC/C=C\CCCCCCCC)C(O)C(O)C1O)OC(=O)CCCCCCCCCCCCCCCCCC. The van der Waals surface area contributed by atoms with Gasteiger partial charge in [-0.3, -0.25) is 28.2 Å². The second kappa shape index (κ2) is 69.4. The molecule has 680 valence electrons. The van der Waals surface area contributed by atoms with E-state index in [-0.39, 0.29) is 25.7 Å². The predicted molar refractivity (Wildman–Crippen MR) is 449 cm³/mol. The Morgan fingerprint density at radius 3 is 1.04 bits per heavy atom. The number of unbranched alkanes of at least 4 members (excludes halogenated alkanes) is 47. The lowest BCUT2D eigenvalue weighted by atomic mass is 9.84. The summed E-state index contributed by atoms with van der Waals surface area (Å²) in [4.78, 5) is 66.4. The molecule has 0 amide bonds. The van der Waals surface area contributed by atoms with E-state index in [1.807, 2.05) is 0 Å². The quantitative estimate of drug-likeness (QED) is 0.00889. The highest BCUT2D eigenvalue weighted by molar-refractivity contribution is 7.47. The van der Waals surface area contributed by atoms with E-state index in [1.54, 1.807) is 0 Å². The highest BCUT2D eigenvalue weighted by atomic mass is 31.2. The molecule has 25 nitrogen and oxygen atoms in total. The molecule has 1 aliphatic carbocycles. The number of hydrogen-bond donors (Lipinski definition) is 10. The molecule has 0 aromatic rings. The van der Waals surface area contributed by atoms with Crippen molar-refractivity contribution in [2.24, 2.45) is 0 Å². The summed E-state index contributed by atoms with van der Waals surface area (Å²) in [5.41, 5.74) is 0. The number of aliphatic hydroxyl groups is 9. The van der Waals surface area contributed by atoms with E-state index in [4.69, 9.17) is 46.9 Å². The van der Waals surface area contributed by atoms with E-state index >= 15 is 0 Å². The summed E-state index contributed by atoms with van der Waals surface area (Å²) in [5, 5.41) is 102. The van der Waals surface area contributed by atoms with Crippen LogP contribution >= 0.6 is 7.82 Å². The molecule has 0 spiro atoms. The van der Waals surface area contributed by atoms with Crippen LogP contribution < -0.4 is 0 Å². The third-order valence-corrected chi connectivity index (χ3v) is 23.7. The maximum Gasteiger partial charge on any atom is 0.472 e. The van der Waals surface area contributed by atoms with Gasteiger partial charge in [0.25, 0.3) is 0 Å². The minimum absolute atomic E-state index is 0.00551. The Labute approximate surface area is 698 Å². The summed E-state index contributed by atoms with van der Waals surface area (Å²) < 4.78 is 73.4. The third-order valence-electron chi connectivity index (χ3n) is 22.7. The Morgan fingerprint density at radius 1 is 0.336 bits per heavy atom. The van der Waals surface area contributed by atoms with Crippen LogP contribution in [0.1, 0.15) is 394 Å². The normalized spacial score (nSPS) is 25.2. The Kier molecular flexibility index (Phi) is 64.1. The van der Waals surface area contributed by atoms with Crippen LogP contribution in [0.2, 0.25) is 0 Å². The Bertz CT molecular complexity index is 2510. The van der Waals surface area contributed by atoms with Crippen molar-refractivity contribution >= 4 is 31.7 Å². The number of allylic oxidation sites excluding steroid dienone is 4. The number of carbonyl (C=O) groups excluding carboxylic acids is 4. The van der Waals surface area contributed by atoms with Gasteiger partial charge in [0.05, 0.1) is 13.2 Å². The monoisotopic (exact) mass is 1680 g/mol.